The molecule has 0 aliphatic rings. The first kappa shape index (κ1) is 11.8. The first-order valence-corrected chi connectivity index (χ1v) is 5.88. The predicted molar refractivity (Wildman–Crippen MR) is 69.9 cm³/mol. The second-order valence-corrected chi connectivity index (χ2v) is 5.46. The van der Waals surface area contributed by atoms with Gasteiger partial charge < -0.3 is 4.57 Å². The van der Waals surface area contributed by atoms with E-state index in [9.17, 15) is 0 Å². The summed E-state index contributed by atoms with van der Waals surface area (Å²) in [5.74, 6) is 0.952. The molecule has 0 N–H and O–H groups in total. The van der Waals surface area contributed by atoms with Crippen LogP contribution >= 0.6 is 0 Å². The maximum Gasteiger partial charge on any atom is 0.164 e. The quantitative estimate of drug-likeness (QED) is 0.751. The number of hydrogen-bond donors (Lipinski definition) is 0. The van der Waals surface area contributed by atoms with Crippen LogP contribution in [0.1, 0.15) is 31.9 Å². The van der Waals surface area contributed by atoms with Crippen LogP contribution in [-0.2, 0) is 5.54 Å². The lowest BCUT2D eigenvalue weighted by molar-refractivity contribution is 0.399. The van der Waals surface area contributed by atoms with Gasteiger partial charge in [0, 0.05) is 11.1 Å². The molecule has 0 amide bonds. The lowest BCUT2D eigenvalue weighted by atomic mass is 10.0. The molecule has 3 heteroatoms. The van der Waals surface area contributed by atoms with Crippen molar-refractivity contribution >= 4 is 0 Å². The molecule has 0 saturated heterocycles. The van der Waals surface area contributed by atoms with Crippen molar-refractivity contribution in [1.82, 2.24) is 14.8 Å². The van der Waals surface area contributed by atoms with Crippen molar-refractivity contribution in [2.45, 2.75) is 40.2 Å². The fraction of sp³-hybridized carbons (Fsp3) is 0.429. The average molecular weight is 229 g/mol. The lowest BCUT2D eigenvalue weighted by Crippen LogP contribution is -2.22. The molecule has 0 saturated carbocycles. The van der Waals surface area contributed by atoms with Crippen LogP contribution in [0.2, 0.25) is 0 Å². The molecule has 0 atom stereocenters. The molecule has 1 aromatic carbocycles. The van der Waals surface area contributed by atoms with Crippen LogP contribution in [0.4, 0.5) is 0 Å². The fourth-order valence-corrected chi connectivity index (χ4v) is 2.06. The summed E-state index contributed by atoms with van der Waals surface area (Å²) in [6.07, 6.45) is 1.81. The third-order valence-electron chi connectivity index (χ3n) is 2.98. The van der Waals surface area contributed by atoms with Crippen molar-refractivity contribution < 1.29 is 0 Å². The van der Waals surface area contributed by atoms with Crippen LogP contribution in [0.25, 0.3) is 11.4 Å². The molecular weight excluding hydrogens is 210 g/mol. The Morgan fingerprint density at radius 2 is 1.65 bits per heavy atom. The van der Waals surface area contributed by atoms with Crippen LogP contribution in [0, 0.1) is 13.8 Å². The fourth-order valence-electron chi connectivity index (χ4n) is 2.06. The Balaban J connectivity index is 2.66. The minimum Gasteiger partial charge on any atom is -0.308 e. The molecule has 0 fully saturated rings. The van der Waals surface area contributed by atoms with E-state index in [0.29, 0.717) is 0 Å². The molecule has 1 aromatic heterocycles. The van der Waals surface area contributed by atoms with Gasteiger partial charge in [-0.3, -0.25) is 0 Å². The Kier molecular flexibility index (Phi) is 2.77. The summed E-state index contributed by atoms with van der Waals surface area (Å²) in [6.45, 7) is 10.7. The highest BCUT2D eigenvalue weighted by Crippen LogP contribution is 2.28. The summed E-state index contributed by atoms with van der Waals surface area (Å²) in [5, 5.41) is 8.35. The lowest BCUT2D eigenvalue weighted by Gasteiger charge is -2.23. The number of hydrogen-bond acceptors (Lipinski definition) is 2. The molecule has 1 heterocycles. The van der Waals surface area contributed by atoms with Crippen LogP contribution < -0.4 is 0 Å². The third-order valence-corrected chi connectivity index (χ3v) is 2.98. The summed E-state index contributed by atoms with van der Waals surface area (Å²) in [5.41, 5.74) is 3.67. The molecular formula is C14H19N3. The SMILES string of the molecule is Cc1cccc(C)c1-c1nncn1C(C)(C)C. The van der Waals surface area contributed by atoms with Crippen molar-refractivity contribution in [3.8, 4) is 11.4 Å². The summed E-state index contributed by atoms with van der Waals surface area (Å²) in [6, 6.07) is 6.31. The first-order valence-electron chi connectivity index (χ1n) is 5.88. The molecule has 17 heavy (non-hydrogen) atoms. The second kappa shape index (κ2) is 3.99. The maximum absolute atomic E-state index is 4.29. The highest BCUT2D eigenvalue weighted by Gasteiger charge is 2.20. The normalized spacial score (nSPS) is 11.8. The van der Waals surface area contributed by atoms with Gasteiger partial charge in [0.25, 0.3) is 0 Å². The summed E-state index contributed by atoms with van der Waals surface area (Å²) < 4.78 is 2.13. The zero-order valence-electron chi connectivity index (χ0n) is 11.2. The van der Waals surface area contributed by atoms with E-state index in [1.54, 1.807) is 6.33 Å². The van der Waals surface area contributed by atoms with Crippen LogP contribution in [0.3, 0.4) is 0 Å². The van der Waals surface area contributed by atoms with E-state index in [-0.39, 0.29) is 5.54 Å². The Morgan fingerprint density at radius 3 is 2.18 bits per heavy atom. The molecule has 0 unspecified atom stereocenters. The van der Waals surface area contributed by atoms with Gasteiger partial charge in [0.2, 0.25) is 0 Å². The average Bonchev–Trinajstić information content (AvgIpc) is 2.65. The molecule has 0 spiro atoms. The minimum atomic E-state index is -0.00639. The minimum absolute atomic E-state index is 0.00639. The summed E-state index contributed by atoms with van der Waals surface area (Å²) >= 11 is 0. The van der Waals surface area contributed by atoms with Crippen molar-refractivity contribution in [1.29, 1.82) is 0 Å². The Labute approximate surface area is 103 Å². The first-order chi connectivity index (χ1) is 7.91. The molecule has 0 radical (unpaired) electrons. The number of aryl methyl sites for hydroxylation is 2. The van der Waals surface area contributed by atoms with E-state index in [1.807, 2.05) is 0 Å². The number of benzene rings is 1. The molecule has 3 nitrogen and oxygen atoms in total. The number of nitrogens with zero attached hydrogens (tertiary/aromatic N) is 3. The van der Waals surface area contributed by atoms with Gasteiger partial charge in [-0.05, 0) is 45.7 Å². The molecule has 2 rings (SSSR count). The van der Waals surface area contributed by atoms with E-state index >= 15 is 0 Å². The smallest absolute Gasteiger partial charge is 0.164 e. The van der Waals surface area contributed by atoms with Crippen LogP contribution in [0.15, 0.2) is 24.5 Å². The van der Waals surface area contributed by atoms with E-state index in [1.165, 1.54) is 16.7 Å². The Bertz CT molecular complexity index is 512. The zero-order valence-corrected chi connectivity index (χ0v) is 11.2. The maximum atomic E-state index is 4.29. The molecule has 2 aromatic rings. The topological polar surface area (TPSA) is 30.7 Å². The third kappa shape index (κ3) is 2.09. The largest absolute Gasteiger partial charge is 0.308 e. The van der Waals surface area contributed by atoms with E-state index in [0.717, 1.165) is 5.82 Å². The van der Waals surface area contributed by atoms with Crippen molar-refractivity contribution in [3.63, 3.8) is 0 Å². The highest BCUT2D eigenvalue weighted by atomic mass is 15.3. The van der Waals surface area contributed by atoms with Gasteiger partial charge in [-0.1, -0.05) is 18.2 Å². The Morgan fingerprint density at radius 1 is 1.06 bits per heavy atom. The molecule has 0 bridgehead atoms. The van der Waals surface area contributed by atoms with Gasteiger partial charge in [-0.25, -0.2) is 0 Å². The van der Waals surface area contributed by atoms with Gasteiger partial charge >= 0.3 is 0 Å². The monoisotopic (exact) mass is 229 g/mol. The predicted octanol–water partition coefficient (Wildman–Crippen LogP) is 3.32. The zero-order chi connectivity index (χ0) is 12.6. The van der Waals surface area contributed by atoms with Gasteiger partial charge in [-0.2, -0.15) is 0 Å². The summed E-state index contributed by atoms with van der Waals surface area (Å²) in [7, 11) is 0. The summed E-state index contributed by atoms with van der Waals surface area (Å²) in [4.78, 5) is 0. The van der Waals surface area contributed by atoms with Gasteiger partial charge in [-0.15, -0.1) is 10.2 Å². The Hall–Kier alpha value is -1.64. The highest BCUT2D eigenvalue weighted by molar-refractivity contribution is 5.64. The molecule has 90 valence electrons. The number of rotatable bonds is 1. The van der Waals surface area contributed by atoms with Crippen molar-refractivity contribution in [2.24, 2.45) is 0 Å². The molecule has 0 aliphatic heterocycles. The van der Waals surface area contributed by atoms with E-state index < -0.39 is 0 Å². The van der Waals surface area contributed by atoms with E-state index in [2.05, 4.69) is 67.6 Å². The second-order valence-electron chi connectivity index (χ2n) is 5.46. The van der Waals surface area contributed by atoms with Gasteiger partial charge in [0.15, 0.2) is 5.82 Å². The standard InChI is InChI=1S/C14H19N3/c1-10-7-6-8-11(2)12(10)13-16-15-9-17(13)14(3,4)5/h6-9H,1-5H3. The van der Waals surface area contributed by atoms with Gasteiger partial charge in [0.1, 0.15) is 6.33 Å². The number of aromatic nitrogens is 3. The van der Waals surface area contributed by atoms with E-state index in [4.69, 9.17) is 0 Å². The van der Waals surface area contributed by atoms with Crippen LogP contribution in [0.5, 0.6) is 0 Å². The van der Waals surface area contributed by atoms with Crippen LogP contribution in [-0.4, -0.2) is 14.8 Å². The van der Waals surface area contributed by atoms with Crippen molar-refractivity contribution in [3.05, 3.63) is 35.7 Å². The van der Waals surface area contributed by atoms with Crippen molar-refractivity contribution in [2.75, 3.05) is 0 Å². The van der Waals surface area contributed by atoms with Gasteiger partial charge in [0.05, 0.1) is 0 Å². The molecule has 0 aliphatic carbocycles.